The van der Waals surface area contributed by atoms with Crippen LogP contribution in [-0.4, -0.2) is 43.1 Å². The van der Waals surface area contributed by atoms with Crippen molar-refractivity contribution in [2.24, 2.45) is 0 Å². The number of phenols is 1. The monoisotopic (exact) mass is 260 g/mol. The number of benzene rings is 1. The zero-order valence-electron chi connectivity index (χ0n) is 9.50. The van der Waals surface area contributed by atoms with Crippen LogP contribution in [0.1, 0.15) is 6.42 Å². The van der Waals surface area contributed by atoms with Gasteiger partial charge in [-0.05, 0) is 24.6 Å². The molecule has 0 unspecified atom stereocenters. The van der Waals surface area contributed by atoms with Crippen molar-refractivity contribution in [3.05, 3.63) is 18.2 Å². The lowest BCUT2D eigenvalue weighted by atomic mass is 10.3. The van der Waals surface area contributed by atoms with E-state index in [1.807, 2.05) is 0 Å². The zero-order valence-corrected chi connectivity index (χ0v) is 10.3. The number of aromatic hydroxyl groups is 1. The molecule has 0 radical (unpaired) electrons. The van der Waals surface area contributed by atoms with Crippen molar-refractivity contribution in [3.8, 4) is 5.75 Å². The molecule has 0 saturated carbocycles. The average molecular weight is 260 g/mol. The minimum absolute atomic E-state index is 0.0154. The second-order valence-corrected chi connectivity index (χ2v) is 5.67. The first-order chi connectivity index (χ1) is 7.89. The molecular weight excluding hydrogens is 244 g/mol. The standard InChI is InChI=1S/C10H16N2O4S/c1-12(5-2-6-13)17(15,16)8-3-4-10(14)9(11)7-8/h3-4,7,13-14H,2,5-6,11H2,1H3. The van der Waals surface area contributed by atoms with Crippen LogP contribution in [0.15, 0.2) is 23.1 Å². The van der Waals surface area contributed by atoms with Crippen molar-refractivity contribution >= 4 is 15.7 Å². The van der Waals surface area contributed by atoms with Crippen LogP contribution in [0.2, 0.25) is 0 Å². The van der Waals surface area contributed by atoms with E-state index in [0.29, 0.717) is 6.42 Å². The molecule has 1 aromatic rings. The van der Waals surface area contributed by atoms with Crippen LogP contribution < -0.4 is 5.73 Å². The molecule has 17 heavy (non-hydrogen) atoms. The molecule has 1 rings (SSSR count). The van der Waals surface area contributed by atoms with Gasteiger partial charge < -0.3 is 15.9 Å². The summed E-state index contributed by atoms with van der Waals surface area (Å²) in [4.78, 5) is 0.0215. The van der Waals surface area contributed by atoms with Crippen molar-refractivity contribution < 1.29 is 18.6 Å². The fourth-order valence-corrected chi connectivity index (χ4v) is 2.53. The minimum atomic E-state index is -3.62. The first kappa shape index (κ1) is 13.8. The predicted octanol–water partition coefficient (Wildman–Crippen LogP) is -0.0227. The smallest absolute Gasteiger partial charge is 0.242 e. The van der Waals surface area contributed by atoms with E-state index in [1.165, 1.54) is 25.2 Å². The van der Waals surface area contributed by atoms with E-state index in [4.69, 9.17) is 10.8 Å². The van der Waals surface area contributed by atoms with Crippen LogP contribution in [0.5, 0.6) is 5.75 Å². The Labute approximate surface area is 100 Å². The molecule has 0 aromatic heterocycles. The highest BCUT2D eigenvalue weighted by atomic mass is 32.2. The van der Waals surface area contributed by atoms with Gasteiger partial charge in [-0.3, -0.25) is 0 Å². The molecular formula is C10H16N2O4S. The number of phenolic OH excluding ortho intramolecular Hbond substituents is 1. The number of aliphatic hydroxyl groups excluding tert-OH is 1. The van der Waals surface area contributed by atoms with Crippen molar-refractivity contribution in [2.75, 3.05) is 25.9 Å². The van der Waals surface area contributed by atoms with Crippen molar-refractivity contribution in [1.82, 2.24) is 4.31 Å². The van der Waals surface area contributed by atoms with E-state index in [-0.39, 0.29) is 29.5 Å². The van der Waals surface area contributed by atoms with Crippen LogP contribution in [-0.2, 0) is 10.0 Å². The summed E-state index contributed by atoms with van der Waals surface area (Å²) in [7, 11) is -2.19. The van der Waals surface area contributed by atoms with Gasteiger partial charge in [-0.2, -0.15) is 0 Å². The van der Waals surface area contributed by atoms with Crippen LogP contribution in [0.25, 0.3) is 0 Å². The zero-order chi connectivity index (χ0) is 13.1. The lowest BCUT2D eigenvalue weighted by Crippen LogP contribution is -2.28. The fraction of sp³-hybridized carbons (Fsp3) is 0.400. The summed E-state index contributed by atoms with van der Waals surface area (Å²) in [5.41, 5.74) is 5.46. The maximum Gasteiger partial charge on any atom is 0.242 e. The van der Waals surface area contributed by atoms with Crippen LogP contribution in [0.4, 0.5) is 5.69 Å². The van der Waals surface area contributed by atoms with Gasteiger partial charge in [0.1, 0.15) is 5.75 Å². The number of rotatable bonds is 5. The van der Waals surface area contributed by atoms with Gasteiger partial charge >= 0.3 is 0 Å². The minimum Gasteiger partial charge on any atom is -0.506 e. The molecule has 0 spiro atoms. The van der Waals surface area contributed by atoms with Crippen LogP contribution in [0, 0.1) is 0 Å². The Morgan fingerprint density at radius 1 is 1.41 bits per heavy atom. The highest BCUT2D eigenvalue weighted by Crippen LogP contribution is 2.24. The van der Waals surface area contributed by atoms with Crippen molar-refractivity contribution in [2.45, 2.75) is 11.3 Å². The molecule has 0 fully saturated rings. The van der Waals surface area contributed by atoms with E-state index in [0.717, 1.165) is 4.31 Å². The van der Waals surface area contributed by atoms with Crippen LogP contribution in [0.3, 0.4) is 0 Å². The van der Waals surface area contributed by atoms with Gasteiger partial charge in [-0.15, -0.1) is 0 Å². The molecule has 0 saturated heterocycles. The molecule has 96 valence electrons. The Hall–Kier alpha value is -1.31. The number of nitrogen functional groups attached to an aromatic ring is 1. The third-order valence-corrected chi connectivity index (χ3v) is 4.19. The molecule has 0 aliphatic carbocycles. The number of nitrogens with zero attached hydrogens (tertiary/aromatic N) is 1. The number of nitrogens with two attached hydrogens (primary N) is 1. The lowest BCUT2D eigenvalue weighted by Gasteiger charge is -2.16. The molecule has 0 aliphatic heterocycles. The summed E-state index contributed by atoms with van der Waals surface area (Å²) < 4.78 is 25.2. The Kier molecular flexibility index (Phi) is 4.33. The summed E-state index contributed by atoms with van der Waals surface area (Å²) >= 11 is 0. The Morgan fingerprint density at radius 3 is 2.59 bits per heavy atom. The molecule has 4 N–H and O–H groups in total. The molecule has 0 amide bonds. The van der Waals surface area contributed by atoms with E-state index >= 15 is 0 Å². The lowest BCUT2D eigenvalue weighted by molar-refractivity contribution is 0.275. The first-order valence-electron chi connectivity index (χ1n) is 5.05. The SMILES string of the molecule is CN(CCCO)S(=O)(=O)c1ccc(O)c(N)c1. The van der Waals surface area contributed by atoms with Gasteiger partial charge in [0.15, 0.2) is 0 Å². The van der Waals surface area contributed by atoms with Gasteiger partial charge in [0, 0.05) is 20.2 Å². The quantitative estimate of drug-likeness (QED) is 0.510. The summed E-state index contributed by atoms with van der Waals surface area (Å²) in [6.07, 6.45) is 0.364. The van der Waals surface area contributed by atoms with Gasteiger partial charge in [0.05, 0.1) is 10.6 Å². The number of sulfonamides is 1. The highest BCUT2D eigenvalue weighted by molar-refractivity contribution is 7.89. The third kappa shape index (κ3) is 3.09. The Balaban J connectivity index is 3.00. The van der Waals surface area contributed by atoms with E-state index in [9.17, 15) is 13.5 Å². The molecule has 0 heterocycles. The van der Waals surface area contributed by atoms with Gasteiger partial charge in [-0.25, -0.2) is 12.7 Å². The largest absolute Gasteiger partial charge is 0.506 e. The van der Waals surface area contributed by atoms with Crippen LogP contribution >= 0.6 is 0 Å². The third-order valence-electron chi connectivity index (χ3n) is 2.34. The number of aliphatic hydroxyl groups is 1. The summed E-state index contributed by atoms with van der Waals surface area (Å²) in [5.74, 6) is -0.151. The maximum absolute atomic E-state index is 12.0. The fourth-order valence-electron chi connectivity index (χ4n) is 1.29. The second-order valence-electron chi connectivity index (χ2n) is 3.62. The first-order valence-corrected chi connectivity index (χ1v) is 6.49. The summed E-state index contributed by atoms with van der Waals surface area (Å²) in [5, 5.41) is 17.9. The number of hydrogen-bond acceptors (Lipinski definition) is 5. The van der Waals surface area contributed by atoms with Crippen molar-refractivity contribution in [3.63, 3.8) is 0 Å². The number of anilines is 1. The molecule has 0 aliphatic rings. The average Bonchev–Trinajstić information content (AvgIpc) is 2.29. The van der Waals surface area contributed by atoms with E-state index in [2.05, 4.69) is 0 Å². The second kappa shape index (κ2) is 5.35. The van der Waals surface area contributed by atoms with Gasteiger partial charge in [0.25, 0.3) is 0 Å². The normalized spacial score (nSPS) is 11.9. The van der Waals surface area contributed by atoms with Crippen molar-refractivity contribution in [1.29, 1.82) is 0 Å². The maximum atomic E-state index is 12.0. The predicted molar refractivity (Wildman–Crippen MR) is 64.0 cm³/mol. The summed E-state index contributed by atoms with van der Waals surface area (Å²) in [6, 6.07) is 3.73. The van der Waals surface area contributed by atoms with Gasteiger partial charge in [-0.1, -0.05) is 0 Å². The molecule has 0 bridgehead atoms. The molecule has 0 atom stereocenters. The van der Waals surface area contributed by atoms with Gasteiger partial charge in [0.2, 0.25) is 10.0 Å². The Bertz CT molecular complexity index is 487. The van der Waals surface area contributed by atoms with E-state index < -0.39 is 10.0 Å². The topological polar surface area (TPSA) is 104 Å². The molecule has 6 nitrogen and oxygen atoms in total. The molecule has 1 aromatic carbocycles. The highest BCUT2D eigenvalue weighted by Gasteiger charge is 2.20. The van der Waals surface area contributed by atoms with E-state index in [1.54, 1.807) is 0 Å². The number of hydrogen-bond donors (Lipinski definition) is 3. The summed E-state index contributed by atoms with van der Waals surface area (Å²) in [6.45, 7) is 0.150. The Morgan fingerprint density at radius 2 is 2.06 bits per heavy atom. The molecule has 7 heteroatoms.